The zero-order valence-corrected chi connectivity index (χ0v) is 8.53. The maximum atomic E-state index is 10.0. The van der Waals surface area contributed by atoms with Crippen LogP contribution < -0.4 is 0 Å². The van der Waals surface area contributed by atoms with Gasteiger partial charge in [-0.2, -0.15) is 8.42 Å². The summed E-state index contributed by atoms with van der Waals surface area (Å²) in [6.45, 7) is 1.47. The van der Waals surface area contributed by atoms with Crippen LogP contribution in [0.1, 0.15) is 13.3 Å². The van der Waals surface area contributed by atoms with E-state index in [4.69, 9.17) is 22.6 Å². The standard InChI is InChI=1S/C4H10O3S.H2O4S/c1-2-4(3-5)8(6)7;1-5(2,3)4/h4-5,8H,2-3H2,1H3;(H2,1,2,3,4). The SMILES string of the molecule is CCC(CO)[SH](=O)=O.O=S(=O)(O)O. The second-order valence-corrected chi connectivity index (χ2v) is 4.17. The first kappa shape index (κ1) is 15.3. The van der Waals surface area contributed by atoms with E-state index >= 15 is 0 Å². The van der Waals surface area contributed by atoms with Crippen molar-refractivity contribution in [2.75, 3.05) is 6.61 Å². The fourth-order valence-electron chi connectivity index (χ4n) is 0.345. The minimum absolute atomic E-state index is 0.255. The van der Waals surface area contributed by atoms with Gasteiger partial charge < -0.3 is 5.11 Å². The lowest BCUT2D eigenvalue weighted by molar-refractivity contribution is 0.289. The summed E-state index contributed by atoms with van der Waals surface area (Å²) < 4.78 is 51.7. The van der Waals surface area contributed by atoms with Crippen molar-refractivity contribution in [2.45, 2.75) is 18.6 Å². The fourth-order valence-corrected chi connectivity index (χ4v) is 0.776. The third-order valence-electron chi connectivity index (χ3n) is 0.980. The van der Waals surface area contributed by atoms with E-state index in [-0.39, 0.29) is 6.61 Å². The topological polar surface area (TPSA) is 129 Å². The molecule has 0 aromatic heterocycles. The van der Waals surface area contributed by atoms with Crippen LogP contribution in [-0.4, -0.2) is 42.9 Å². The molecule has 3 N–H and O–H groups in total. The van der Waals surface area contributed by atoms with Gasteiger partial charge in [-0.25, -0.2) is 8.42 Å². The molecule has 0 amide bonds. The zero-order chi connectivity index (χ0) is 11.1. The lowest BCUT2D eigenvalue weighted by Gasteiger charge is -1.98. The Hall–Kier alpha value is -0.220. The van der Waals surface area contributed by atoms with Crippen LogP contribution in [0.15, 0.2) is 0 Å². The maximum Gasteiger partial charge on any atom is 0.394 e. The Morgan fingerprint density at radius 3 is 1.62 bits per heavy atom. The molecule has 0 radical (unpaired) electrons. The molecule has 0 rings (SSSR count). The third-order valence-corrected chi connectivity index (χ3v) is 2.10. The summed E-state index contributed by atoms with van der Waals surface area (Å²) in [5.41, 5.74) is 0. The van der Waals surface area contributed by atoms with Gasteiger partial charge in [0.15, 0.2) is 0 Å². The molecule has 82 valence electrons. The number of thiol groups is 1. The molecule has 7 nitrogen and oxygen atoms in total. The normalized spacial score (nSPS) is 13.3. The second kappa shape index (κ2) is 7.21. The molecule has 0 aliphatic rings. The Bertz CT molecular complexity index is 257. The highest BCUT2D eigenvalue weighted by Gasteiger charge is 2.04. The Labute approximate surface area is 77.9 Å². The summed E-state index contributed by atoms with van der Waals surface area (Å²) in [4.78, 5) is 0. The summed E-state index contributed by atoms with van der Waals surface area (Å²) in [6.07, 6.45) is 0.495. The molecule has 0 aliphatic carbocycles. The monoisotopic (exact) mass is 236 g/mol. The van der Waals surface area contributed by atoms with E-state index in [2.05, 4.69) is 0 Å². The molecule has 0 saturated heterocycles. The molecule has 0 spiro atoms. The quantitative estimate of drug-likeness (QED) is 0.354. The van der Waals surface area contributed by atoms with Crippen molar-refractivity contribution in [1.29, 1.82) is 0 Å². The molecule has 0 heterocycles. The van der Waals surface area contributed by atoms with Gasteiger partial charge in [-0.1, -0.05) is 6.92 Å². The van der Waals surface area contributed by atoms with E-state index in [1.54, 1.807) is 6.92 Å². The Balaban J connectivity index is 0. The molecule has 0 aromatic rings. The van der Waals surface area contributed by atoms with Gasteiger partial charge in [-0.15, -0.1) is 0 Å². The predicted molar refractivity (Wildman–Crippen MR) is 45.7 cm³/mol. The van der Waals surface area contributed by atoms with Gasteiger partial charge in [0, 0.05) is 0 Å². The molecular formula is C4H12O7S2. The van der Waals surface area contributed by atoms with Crippen LogP contribution >= 0.6 is 0 Å². The van der Waals surface area contributed by atoms with E-state index in [1.165, 1.54) is 0 Å². The van der Waals surface area contributed by atoms with Crippen molar-refractivity contribution >= 4 is 21.1 Å². The third kappa shape index (κ3) is 18.6. The van der Waals surface area contributed by atoms with Crippen molar-refractivity contribution in [3.8, 4) is 0 Å². The Morgan fingerprint density at radius 1 is 1.31 bits per heavy atom. The summed E-state index contributed by atoms with van der Waals surface area (Å²) in [5.74, 6) is 0. The molecule has 1 atom stereocenters. The van der Waals surface area contributed by atoms with Crippen LogP contribution in [-0.2, 0) is 21.1 Å². The van der Waals surface area contributed by atoms with E-state index < -0.39 is 26.4 Å². The molecular weight excluding hydrogens is 224 g/mol. The van der Waals surface area contributed by atoms with Crippen molar-refractivity contribution in [2.24, 2.45) is 0 Å². The summed E-state index contributed by atoms with van der Waals surface area (Å²) in [6, 6.07) is 0. The van der Waals surface area contributed by atoms with Gasteiger partial charge in [0.25, 0.3) is 0 Å². The van der Waals surface area contributed by atoms with Crippen LogP contribution in [0, 0.1) is 0 Å². The average molecular weight is 236 g/mol. The second-order valence-electron chi connectivity index (χ2n) is 1.98. The van der Waals surface area contributed by atoms with Crippen molar-refractivity contribution in [1.82, 2.24) is 0 Å². The molecule has 0 aromatic carbocycles. The number of aliphatic hydroxyl groups excluding tert-OH is 1. The number of hydrogen-bond acceptors (Lipinski definition) is 5. The van der Waals surface area contributed by atoms with Gasteiger partial charge in [-0.3, -0.25) is 9.11 Å². The Morgan fingerprint density at radius 2 is 1.62 bits per heavy atom. The molecule has 0 bridgehead atoms. The fraction of sp³-hybridized carbons (Fsp3) is 1.00. The van der Waals surface area contributed by atoms with Gasteiger partial charge in [0.1, 0.15) is 10.7 Å². The lowest BCUT2D eigenvalue weighted by Crippen LogP contribution is -2.12. The van der Waals surface area contributed by atoms with Gasteiger partial charge >= 0.3 is 10.4 Å². The molecule has 0 fully saturated rings. The Kier molecular flexibility index (Phi) is 8.46. The highest BCUT2D eigenvalue weighted by Crippen LogP contribution is 1.91. The highest BCUT2D eigenvalue weighted by atomic mass is 32.3. The molecule has 1 unspecified atom stereocenters. The van der Waals surface area contributed by atoms with Crippen LogP contribution in [0.3, 0.4) is 0 Å². The van der Waals surface area contributed by atoms with Crippen LogP contribution in [0.2, 0.25) is 0 Å². The van der Waals surface area contributed by atoms with E-state index in [0.717, 1.165) is 0 Å². The summed E-state index contributed by atoms with van der Waals surface area (Å²) in [5, 5.41) is 7.78. The van der Waals surface area contributed by atoms with E-state index in [9.17, 15) is 8.42 Å². The highest BCUT2D eigenvalue weighted by molar-refractivity contribution is 7.79. The number of rotatable bonds is 3. The average Bonchev–Trinajstić information content (AvgIpc) is 1.85. The van der Waals surface area contributed by atoms with Gasteiger partial charge in [0.05, 0.1) is 11.9 Å². The molecule has 9 heteroatoms. The zero-order valence-electron chi connectivity index (χ0n) is 6.82. The van der Waals surface area contributed by atoms with Crippen molar-refractivity contribution in [3.63, 3.8) is 0 Å². The van der Waals surface area contributed by atoms with Crippen molar-refractivity contribution < 1.29 is 31.0 Å². The van der Waals surface area contributed by atoms with E-state index in [1.807, 2.05) is 0 Å². The molecule has 0 aliphatic heterocycles. The predicted octanol–water partition coefficient (Wildman–Crippen LogP) is -1.28. The van der Waals surface area contributed by atoms with E-state index in [0.29, 0.717) is 6.42 Å². The minimum Gasteiger partial charge on any atom is -0.395 e. The molecule has 13 heavy (non-hydrogen) atoms. The van der Waals surface area contributed by atoms with Gasteiger partial charge in [-0.05, 0) is 6.42 Å². The number of hydrogen-bond donors (Lipinski definition) is 4. The van der Waals surface area contributed by atoms with Crippen LogP contribution in [0.4, 0.5) is 0 Å². The summed E-state index contributed by atoms with van der Waals surface area (Å²) in [7, 11) is -7.08. The maximum absolute atomic E-state index is 10.0. The minimum atomic E-state index is -4.67. The summed E-state index contributed by atoms with van der Waals surface area (Å²) >= 11 is 0. The largest absolute Gasteiger partial charge is 0.395 e. The van der Waals surface area contributed by atoms with Gasteiger partial charge in [0.2, 0.25) is 0 Å². The van der Waals surface area contributed by atoms with Crippen LogP contribution in [0.5, 0.6) is 0 Å². The lowest BCUT2D eigenvalue weighted by atomic mass is 10.3. The smallest absolute Gasteiger partial charge is 0.394 e. The number of aliphatic hydroxyl groups is 1. The molecule has 0 saturated carbocycles. The first-order chi connectivity index (χ1) is 5.72. The first-order valence-electron chi connectivity index (χ1n) is 3.16. The first-order valence-corrected chi connectivity index (χ1v) is 5.81. The van der Waals surface area contributed by atoms with Crippen molar-refractivity contribution in [3.05, 3.63) is 0 Å². The van der Waals surface area contributed by atoms with Crippen LogP contribution in [0.25, 0.3) is 0 Å².